The zero-order chi connectivity index (χ0) is 15.5. The van der Waals surface area contributed by atoms with Crippen molar-refractivity contribution in [3.05, 3.63) is 23.8 Å². The second-order valence-corrected chi connectivity index (χ2v) is 4.89. The van der Waals surface area contributed by atoms with E-state index < -0.39 is 0 Å². The Morgan fingerprint density at radius 2 is 2.10 bits per heavy atom. The molecule has 116 valence electrons. The van der Waals surface area contributed by atoms with E-state index in [1.165, 1.54) is 38.7 Å². The number of ether oxygens (including phenoxy) is 1. The third-order valence-corrected chi connectivity index (χ3v) is 3.11. The molecular formula is C16H24N2O3. The van der Waals surface area contributed by atoms with Gasteiger partial charge in [0.15, 0.2) is 11.5 Å². The number of benzene rings is 1. The summed E-state index contributed by atoms with van der Waals surface area (Å²) in [7, 11) is 1.48. The number of nitrogens with one attached hydrogen (secondary N) is 1. The molecule has 21 heavy (non-hydrogen) atoms. The number of hydrazone groups is 1. The summed E-state index contributed by atoms with van der Waals surface area (Å²) in [6, 6.07) is 4.86. The minimum atomic E-state index is -0.0755. The molecule has 1 rings (SSSR count). The van der Waals surface area contributed by atoms with Gasteiger partial charge < -0.3 is 9.84 Å². The van der Waals surface area contributed by atoms with Gasteiger partial charge in [0.1, 0.15) is 0 Å². The molecule has 0 spiro atoms. The lowest BCUT2D eigenvalue weighted by Crippen LogP contribution is -2.16. The molecule has 1 aromatic carbocycles. The monoisotopic (exact) mass is 292 g/mol. The molecule has 0 aromatic heterocycles. The van der Waals surface area contributed by atoms with Gasteiger partial charge in [-0.05, 0) is 30.2 Å². The first-order chi connectivity index (χ1) is 10.2. The molecule has 0 aliphatic rings. The second-order valence-electron chi connectivity index (χ2n) is 4.89. The topological polar surface area (TPSA) is 70.9 Å². The number of rotatable bonds is 9. The summed E-state index contributed by atoms with van der Waals surface area (Å²) >= 11 is 0. The average Bonchev–Trinajstić information content (AvgIpc) is 2.48. The number of aromatic hydroxyl groups is 1. The van der Waals surface area contributed by atoms with Gasteiger partial charge >= 0.3 is 0 Å². The normalized spacial score (nSPS) is 10.8. The quantitative estimate of drug-likeness (QED) is 0.417. The third kappa shape index (κ3) is 6.79. The van der Waals surface area contributed by atoms with Crippen molar-refractivity contribution in [3.63, 3.8) is 0 Å². The number of methoxy groups -OCH3 is 1. The van der Waals surface area contributed by atoms with Crippen LogP contribution in [0.4, 0.5) is 0 Å². The van der Waals surface area contributed by atoms with Crippen LogP contribution in [0.2, 0.25) is 0 Å². The second kappa shape index (κ2) is 9.80. The maximum absolute atomic E-state index is 11.6. The van der Waals surface area contributed by atoms with E-state index in [0.717, 1.165) is 18.4 Å². The van der Waals surface area contributed by atoms with Gasteiger partial charge in [-0.15, -0.1) is 0 Å². The summed E-state index contributed by atoms with van der Waals surface area (Å²) in [5.41, 5.74) is 3.24. The Kier molecular flexibility index (Phi) is 7.94. The van der Waals surface area contributed by atoms with Crippen molar-refractivity contribution >= 4 is 12.1 Å². The molecule has 5 heteroatoms. The molecule has 0 unspecified atom stereocenters. The predicted octanol–water partition coefficient (Wildman–Crippen LogP) is 3.21. The molecule has 0 saturated heterocycles. The molecule has 0 radical (unpaired) electrons. The fraction of sp³-hybridized carbons (Fsp3) is 0.500. The number of carbonyl (C=O) groups is 1. The smallest absolute Gasteiger partial charge is 0.240 e. The van der Waals surface area contributed by atoms with Crippen LogP contribution in [0.25, 0.3) is 0 Å². The largest absolute Gasteiger partial charge is 0.504 e. The van der Waals surface area contributed by atoms with Crippen molar-refractivity contribution in [2.24, 2.45) is 5.10 Å². The lowest BCUT2D eigenvalue weighted by atomic mass is 10.1. The first-order valence-electron chi connectivity index (χ1n) is 7.36. The van der Waals surface area contributed by atoms with Crippen molar-refractivity contribution in [2.75, 3.05) is 7.11 Å². The van der Waals surface area contributed by atoms with Crippen LogP contribution in [0.15, 0.2) is 23.3 Å². The van der Waals surface area contributed by atoms with Gasteiger partial charge in [-0.1, -0.05) is 32.6 Å². The molecule has 0 heterocycles. The van der Waals surface area contributed by atoms with Gasteiger partial charge in [0, 0.05) is 6.42 Å². The summed E-state index contributed by atoms with van der Waals surface area (Å²) in [6.45, 7) is 2.17. The van der Waals surface area contributed by atoms with Gasteiger partial charge in [0.2, 0.25) is 5.91 Å². The summed E-state index contributed by atoms with van der Waals surface area (Å²) in [5, 5.41) is 13.4. The van der Waals surface area contributed by atoms with Gasteiger partial charge in [-0.3, -0.25) is 4.79 Å². The zero-order valence-electron chi connectivity index (χ0n) is 12.8. The molecule has 0 atom stereocenters. The van der Waals surface area contributed by atoms with Gasteiger partial charge in [-0.25, -0.2) is 5.43 Å². The number of hydrogen-bond acceptors (Lipinski definition) is 4. The van der Waals surface area contributed by atoms with E-state index in [0.29, 0.717) is 12.2 Å². The maximum atomic E-state index is 11.6. The average molecular weight is 292 g/mol. The Hall–Kier alpha value is -2.04. The number of amides is 1. The highest BCUT2D eigenvalue weighted by Crippen LogP contribution is 2.25. The highest BCUT2D eigenvalue weighted by molar-refractivity contribution is 5.83. The predicted molar refractivity (Wildman–Crippen MR) is 83.8 cm³/mol. The SMILES string of the molecule is CCCCCCCC(=O)N/N=C/c1ccc(O)c(OC)c1. The fourth-order valence-corrected chi connectivity index (χ4v) is 1.90. The molecule has 0 fully saturated rings. The van der Waals surface area contributed by atoms with E-state index in [4.69, 9.17) is 4.74 Å². The Bertz CT molecular complexity index is 473. The van der Waals surface area contributed by atoms with Crippen LogP contribution in [-0.4, -0.2) is 24.3 Å². The Morgan fingerprint density at radius 3 is 2.81 bits per heavy atom. The van der Waals surface area contributed by atoms with E-state index >= 15 is 0 Å². The van der Waals surface area contributed by atoms with E-state index in [1.54, 1.807) is 12.1 Å². The fourth-order valence-electron chi connectivity index (χ4n) is 1.90. The van der Waals surface area contributed by atoms with Crippen molar-refractivity contribution in [1.82, 2.24) is 5.43 Å². The van der Waals surface area contributed by atoms with Gasteiger partial charge in [0.25, 0.3) is 0 Å². The molecule has 0 saturated carbocycles. The van der Waals surface area contributed by atoms with Crippen LogP contribution in [0.5, 0.6) is 11.5 Å². The summed E-state index contributed by atoms with van der Waals surface area (Å²) < 4.78 is 5.00. The van der Waals surface area contributed by atoms with Crippen molar-refractivity contribution in [1.29, 1.82) is 0 Å². The zero-order valence-corrected chi connectivity index (χ0v) is 12.8. The molecule has 1 amide bonds. The van der Waals surface area contributed by atoms with Crippen LogP contribution < -0.4 is 10.2 Å². The first kappa shape index (κ1) is 17.0. The summed E-state index contributed by atoms with van der Waals surface area (Å²) in [4.78, 5) is 11.6. The summed E-state index contributed by atoms with van der Waals surface area (Å²) in [5.74, 6) is 0.375. The molecule has 0 aliphatic carbocycles. The molecule has 2 N–H and O–H groups in total. The molecule has 0 bridgehead atoms. The Balaban J connectivity index is 2.32. The third-order valence-electron chi connectivity index (χ3n) is 3.11. The first-order valence-corrected chi connectivity index (χ1v) is 7.36. The van der Waals surface area contributed by atoms with E-state index in [2.05, 4.69) is 17.5 Å². The van der Waals surface area contributed by atoms with Gasteiger partial charge in [-0.2, -0.15) is 5.10 Å². The highest BCUT2D eigenvalue weighted by Gasteiger charge is 2.01. The van der Waals surface area contributed by atoms with Crippen LogP contribution in [0.1, 0.15) is 51.0 Å². The number of phenolic OH excluding ortho intramolecular Hbond substituents is 1. The minimum Gasteiger partial charge on any atom is -0.504 e. The van der Waals surface area contributed by atoms with E-state index in [9.17, 15) is 9.90 Å². The number of nitrogens with zero attached hydrogens (tertiary/aromatic N) is 1. The van der Waals surface area contributed by atoms with Crippen LogP contribution in [0.3, 0.4) is 0 Å². The maximum Gasteiger partial charge on any atom is 0.240 e. The molecule has 1 aromatic rings. The number of phenols is 1. The number of carbonyl (C=O) groups excluding carboxylic acids is 1. The molecule has 0 aliphatic heterocycles. The lowest BCUT2D eigenvalue weighted by molar-refractivity contribution is -0.121. The minimum absolute atomic E-state index is 0.0748. The number of unbranched alkanes of at least 4 members (excludes halogenated alkanes) is 4. The van der Waals surface area contributed by atoms with Crippen molar-refractivity contribution < 1.29 is 14.6 Å². The van der Waals surface area contributed by atoms with Crippen LogP contribution in [-0.2, 0) is 4.79 Å². The van der Waals surface area contributed by atoms with Crippen molar-refractivity contribution in [2.45, 2.75) is 45.4 Å². The standard InChI is InChI=1S/C16H24N2O3/c1-3-4-5-6-7-8-16(20)18-17-12-13-9-10-14(19)15(11-13)21-2/h9-12,19H,3-8H2,1-2H3,(H,18,20)/b17-12+. The van der Waals surface area contributed by atoms with Crippen LogP contribution >= 0.6 is 0 Å². The molecular weight excluding hydrogens is 268 g/mol. The highest BCUT2D eigenvalue weighted by atomic mass is 16.5. The van der Waals surface area contributed by atoms with E-state index in [-0.39, 0.29) is 11.7 Å². The lowest BCUT2D eigenvalue weighted by Gasteiger charge is -2.03. The molecule has 5 nitrogen and oxygen atoms in total. The van der Waals surface area contributed by atoms with Gasteiger partial charge in [0.05, 0.1) is 13.3 Å². The summed E-state index contributed by atoms with van der Waals surface area (Å²) in [6.07, 6.45) is 7.61. The van der Waals surface area contributed by atoms with Crippen molar-refractivity contribution in [3.8, 4) is 11.5 Å². The van der Waals surface area contributed by atoms with E-state index in [1.807, 2.05) is 0 Å². The van der Waals surface area contributed by atoms with Crippen LogP contribution in [0, 0.1) is 0 Å². The number of hydrogen-bond donors (Lipinski definition) is 2. The Labute approximate surface area is 126 Å². The Morgan fingerprint density at radius 1 is 1.33 bits per heavy atom.